The lowest BCUT2D eigenvalue weighted by molar-refractivity contribution is -0.139. The molecule has 0 spiro atoms. The van der Waals surface area contributed by atoms with Crippen LogP contribution in [0.25, 0.3) is 11.1 Å². The zero-order valence-corrected chi connectivity index (χ0v) is 26.0. The second-order valence-corrected chi connectivity index (χ2v) is 14.0. The number of benzene rings is 2. The van der Waals surface area contributed by atoms with Gasteiger partial charge in [0.2, 0.25) is 0 Å². The SMILES string of the molecule is CC(C)CCN(Cc1ccc(C(CC(C)C)C(=O)O)cc1-c1ccc(C(F)(F)F)cc1)C1CCC(C(C)(C)C)CC1. The smallest absolute Gasteiger partial charge is 0.416 e. The maximum atomic E-state index is 13.3. The molecule has 1 atom stereocenters. The van der Waals surface area contributed by atoms with Gasteiger partial charge in [-0.25, -0.2) is 0 Å². The van der Waals surface area contributed by atoms with Crippen LogP contribution in [0.4, 0.5) is 13.2 Å². The minimum Gasteiger partial charge on any atom is -0.481 e. The lowest BCUT2D eigenvalue weighted by atomic mass is 9.71. The highest BCUT2D eigenvalue weighted by Crippen LogP contribution is 2.40. The first-order valence-corrected chi connectivity index (χ1v) is 15.3. The lowest BCUT2D eigenvalue weighted by Crippen LogP contribution is -2.40. The van der Waals surface area contributed by atoms with Crippen LogP contribution in [-0.2, 0) is 17.5 Å². The van der Waals surface area contributed by atoms with Crippen molar-refractivity contribution in [2.45, 2.75) is 112 Å². The number of hydrogen-bond donors (Lipinski definition) is 1. The Kier molecular flexibility index (Phi) is 11.1. The molecule has 0 heterocycles. The third kappa shape index (κ3) is 9.33. The van der Waals surface area contributed by atoms with Gasteiger partial charge in [-0.15, -0.1) is 0 Å². The summed E-state index contributed by atoms with van der Waals surface area (Å²) in [6.45, 7) is 17.1. The van der Waals surface area contributed by atoms with Gasteiger partial charge in [-0.1, -0.05) is 72.7 Å². The second-order valence-electron chi connectivity index (χ2n) is 14.0. The first kappa shape index (κ1) is 33.2. The molecular weight excluding hydrogens is 523 g/mol. The van der Waals surface area contributed by atoms with Gasteiger partial charge in [0, 0.05) is 12.6 Å². The van der Waals surface area contributed by atoms with E-state index in [2.05, 4.69) is 39.5 Å². The fraction of sp³-hybridized carbons (Fsp3) is 0.629. The van der Waals surface area contributed by atoms with Crippen LogP contribution in [0, 0.1) is 23.2 Å². The van der Waals surface area contributed by atoms with Crippen molar-refractivity contribution in [1.29, 1.82) is 0 Å². The van der Waals surface area contributed by atoms with Crippen molar-refractivity contribution in [1.82, 2.24) is 4.90 Å². The molecule has 1 unspecified atom stereocenters. The highest BCUT2D eigenvalue weighted by molar-refractivity contribution is 5.78. The Morgan fingerprint density at radius 1 is 0.927 bits per heavy atom. The van der Waals surface area contributed by atoms with Crippen molar-refractivity contribution in [2.75, 3.05) is 6.54 Å². The third-order valence-corrected chi connectivity index (χ3v) is 8.87. The molecule has 1 fully saturated rings. The zero-order valence-electron chi connectivity index (χ0n) is 26.0. The van der Waals surface area contributed by atoms with E-state index in [9.17, 15) is 23.1 Å². The molecule has 0 aliphatic heterocycles. The number of carbonyl (C=O) groups is 1. The highest BCUT2D eigenvalue weighted by Gasteiger charge is 2.33. The van der Waals surface area contributed by atoms with E-state index in [1.807, 2.05) is 32.0 Å². The molecule has 0 bridgehead atoms. The molecule has 0 aromatic heterocycles. The number of halogens is 3. The monoisotopic (exact) mass is 573 g/mol. The highest BCUT2D eigenvalue weighted by atomic mass is 19.4. The number of rotatable bonds is 11. The van der Waals surface area contributed by atoms with Gasteiger partial charge in [0.05, 0.1) is 11.5 Å². The van der Waals surface area contributed by atoms with Crippen LogP contribution in [-0.4, -0.2) is 28.6 Å². The topological polar surface area (TPSA) is 40.5 Å². The Labute approximate surface area is 245 Å². The summed E-state index contributed by atoms with van der Waals surface area (Å²) < 4.78 is 40.0. The summed E-state index contributed by atoms with van der Waals surface area (Å²) in [7, 11) is 0. The van der Waals surface area contributed by atoms with Crippen LogP contribution in [0.3, 0.4) is 0 Å². The van der Waals surface area contributed by atoms with E-state index in [-0.39, 0.29) is 5.92 Å². The number of nitrogens with zero attached hydrogens (tertiary/aromatic N) is 1. The molecule has 1 N–H and O–H groups in total. The maximum absolute atomic E-state index is 13.3. The summed E-state index contributed by atoms with van der Waals surface area (Å²) in [6, 6.07) is 11.6. The van der Waals surface area contributed by atoms with Crippen molar-refractivity contribution in [2.24, 2.45) is 23.2 Å². The zero-order chi connectivity index (χ0) is 30.5. The fourth-order valence-corrected chi connectivity index (χ4v) is 6.25. The molecule has 228 valence electrons. The second kappa shape index (κ2) is 13.8. The summed E-state index contributed by atoms with van der Waals surface area (Å²) in [5.41, 5.74) is 2.85. The average Bonchev–Trinajstić information content (AvgIpc) is 2.88. The van der Waals surface area contributed by atoms with E-state index < -0.39 is 23.6 Å². The average molecular weight is 574 g/mol. The van der Waals surface area contributed by atoms with Gasteiger partial charge in [0.25, 0.3) is 0 Å². The fourth-order valence-electron chi connectivity index (χ4n) is 6.25. The Hall–Kier alpha value is -2.34. The van der Waals surface area contributed by atoms with Crippen molar-refractivity contribution in [3.05, 3.63) is 59.2 Å². The molecule has 3 rings (SSSR count). The van der Waals surface area contributed by atoms with Gasteiger partial charge >= 0.3 is 12.1 Å². The van der Waals surface area contributed by atoms with E-state index >= 15 is 0 Å². The predicted molar refractivity (Wildman–Crippen MR) is 162 cm³/mol. The number of hydrogen-bond acceptors (Lipinski definition) is 2. The van der Waals surface area contributed by atoms with Gasteiger partial charge in [0.15, 0.2) is 0 Å². The minimum atomic E-state index is -4.41. The van der Waals surface area contributed by atoms with Crippen LogP contribution in [0.1, 0.15) is 110 Å². The quantitative estimate of drug-likeness (QED) is 0.291. The molecule has 41 heavy (non-hydrogen) atoms. The molecule has 0 saturated heterocycles. The van der Waals surface area contributed by atoms with E-state index in [0.29, 0.717) is 47.4 Å². The Morgan fingerprint density at radius 3 is 2.02 bits per heavy atom. The van der Waals surface area contributed by atoms with Crippen LogP contribution >= 0.6 is 0 Å². The summed E-state index contributed by atoms with van der Waals surface area (Å²) in [4.78, 5) is 14.8. The van der Waals surface area contributed by atoms with E-state index in [1.54, 1.807) is 0 Å². The van der Waals surface area contributed by atoms with E-state index in [1.165, 1.54) is 25.0 Å². The Morgan fingerprint density at radius 2 is 1.54 bits per heavy atom. The molecule has 3 nitrogen and oxygen atoms in total. The van der Waals surface area contributed by atoms with Gasteiger partial charge in [-0.2, -0.15) is 13.2 Å². The number of carboxylic acids is 1. The molecular formula is C35H50F3NO2. The van der Waals surface area contributed by atoms with Crippen LogP contribution < -0.4 is 0 Å². The summed E-state index contributed by atoms with van der Waals surface area (Å²) in [6.07, 6.45) is 1.85. The van der Waals surface area contributed by atoms with E-state index in [4.69, 9.17) is 0 Å². The Balaban J connectivity index is 2.01. The molecule has 2 aromatic rings. The van der Waals surface area contributed by atoms with Gasteiger partial charge in [-0.3, -0.25) is 9.69 Å². The van der Waals surface area contributed by atoms with E-state index in [0.717, 1.165) is 49.1 Å². The largest absolute Gasteiger partial charge is 0.481 e. The summed E-state index contributed by atoms with van der Waals surface area (Å²) >= 11 is 0. The molecule has 1 saturated carbocycles. The van der Waals surface area contributed by atoms with Crippen LogP contribution in [0.5, 0.6) is 0 Å². The predicted octanol–water partition coefficient (Wildman–Crippen LogP) is 10.0. The normalized spacial score (nSPS) is 19.2. The van der Waals surface area contributed by atoms with Crippen molar-refractivity contribution in [3.8, 4) is 11.1 Å². The standard InChI is InChI=1S/C35H50F3NO2/c1-23(2)18-19-39(30-16-14-28(15-17-30)34(5,6)7)22-27-9-8-26(32(33(40)41)20-24(3)4)21-31(27)25-10-12-29(13-11-25)35(36,37)38/h8-13,21,23-24,28,30,32H,14-20,22H2,1-7H3,(H,40,41). The molecule has 1 aliphatic rings. The molecule has 6 heteroatoms. The summed E-state index contributed by atoms with van der Waals surface area (Å²) in [5.74, 6) is -0.0740. The first-order valence-electron chi connectivity index (χ1n) is 15.3. The third-order valence-electron chi connectivity index (χ3n) is 8.87. The minimum absolute atomic E-state index is 0.194. The van der Waals surface area contributed by atoms with Crippen molar-refractivity contribution < 1.29 is 23.1 Å². The molecule has 0 amide bonds. The van der Waals surface area contributed by atoms with Crippen LogP contribution in [0.15, 0.2) is 42.5 Å². The van der Waals surface area contributed by atoms with Crippen LogP contribution in [0.2, 0.25) is 0 Å². The number of carboxylic acid groups (broad SMARTS) is 1. The number of aliphatic carboxylic acids is 1. The first-order chi connectivity index (χ1) is 19.1. The van der Waals surface area contributed by atoms with Gasteiger partial charge in [-0.05, 0) is 109 Å². The number of alkyl halides is 3. The molecule has 2 aromatic carbocycles. The van der Waals surface area contributed by atoms with Crippen molar-refractivity contribution >= 4 is 5.97 Å². The van der Waals surface area contributed by atoms with Gasteiger partial charge < -0.3 is 5.11 Å². The molecule has 1 aliphatic carbocycles. The van der Waals surface area contributed by atoms with Crippen molar-refractivity contribution in [3.63, 3.8) is 0 Å². The molecule has 0 radical (unpaired) electrons. The summed E-state index contributed by atoms with van der Waals surface area (Å²) in [5, 5.41) is 10.0. The lowest BCUT2D eigenvalue weighted by Gasteiger charge is -2.41. The van der Waals surface area contributed by atoms with Gasteiger partial charge in [0.1, 0.15) is 0 Å². The Bertz CT molecular complexity index is 1120. The maximum Gasteiger partial charge on any atom is 0.416 e.